The summed E-state index contributed by atoms with van der Waals surface area (Å²) in [6.45, 7) is 6.25. The number of ether oxygens (including phenoxy) is 1. The first-order valence-electron chi connectivity index (χ1n) is 7.27. The third-order valence-corrected chi connectivity index (χ3v) is 4.99. The van der Waals surface area contributed by atoms with E-state index in [1.54, 1.807) is 0 Å². The highest BCUT2D eigenvalue weighted by molar-refractivity contribution is 7.12. The molecular formula is C17H21NOS. The van der Waals surface area contributed by atoms with Crippen LogP contribution >= 0.6 is 11.3 Å². The number of thiophene rings is 1. The predicted molar refractivity (Wildman–Crippen MR) is 84.8 cm³/mol. The Morgan fingerprint density at radius 2 is 2.20 bits per heavy atom. The molecular weight excluding hydrogens is 266 g/mol. The Morgan fingerprint density at radius 1 is 1.30 bits per heavy atom. The number of rotatable bonds is 5. The largest absolute Gasteiger partial charge is 0.493 e. The van der Waals surface area contributed by atoms with Crippen molar-refractivity contribution in [2.24, 2.45) is 0 Å². The van der Waals surface area contributed by atoms with Crippen molar-refractivity contribution in [1.29, 1.82) is 0 Å². The monoisotopic (exact) mass is 287 g/mol. The van der Waals surface area contributed by atoms with Crippen LogP contribution in [0.5, 0.6) is 5.75 Å². The summed E-state index contributed by atoms with van der Waals surface area (Å²) in [5.41, 5.74) is 2.76. The van der Waals surface area contributed by atoms with E-state index in [0.717, 1.165) is 31.7 Å². The van der Waals surface area contributed by atoms with Crippen molar-refractivity contribution < 1.29 is 4.74 Å². The Labute approximate surface area is 124 Å². The van der Waals surface area contributed by atoms with Crippen molar-refractivity contribution in [1.82, 2.24) is 5.32 Å². The summed E-state index contributed by atoms with van der Waals surface area (Å²) < 4.78 is 5.54. The third-order valence-electron chi connectivity index (χ3n) is 3.81. The van der Waals surface area contributed by atoms with Crippen LogP contribution in [0.1, 0.15) is 33.8 Å². The molecule has 20 heavy (non-hydrogen) atoms. The van der Waals surface area contributed by atoms with Crippen molar-refractivity contribution in [2.45, 2.75) is 32.7 Å². The molecule has 0 amide bonds. The molecule has 0 spiro atoms. The predicted octanol–water partition coefficient (Wildman–Crippen LogP) is 3.88. The third kappa shape index (κ3) is 3.05. The molecule has 0 bridgehead atoms. The molecule has 106 valence electrons. The molecule has 1 aromatic heterocycles. The Bertz CT molecular complexity index is 590. The molecule has 0 fully saturated rings. The zero-order valence-electron chi connectivity index (χ0n) is 12.1. The van der Waals surface area contributed by atoms with Crippen LogP contribution in [0.15, 0.2) is 30.3 Å². The fourth-order valence-corrected chi connectivity index (χ4v) is 3.52. The molecule has 1 N–H and O–H groups in total. The highest BCUT2D eigenvalue weighted by atomic mass is 32.1. The summed E-state index contributed by atoms with van der Waals surface area (Å²) in [5.74, 6) is 1.07. The lowest BCUT2D eigenvalue weighted by Crippen LogP contribution is -2.20. The SMILES string of the molecule is Cc1ccc(C(C)NCCc2ccc3c(c2)CCO3)s1. The van der Waals surface area contributed by atoms with Gasteiger partial charge in [-0.2, -0.15) is 0 Å². The van der Waals surface area contributed by atoms with Gasteiger partial charge in [-0.1, -0.05) is 12.1 Å². The van der Waals surface area contributed by atoms with E-state index >= 15 is 0 Å². The van der Waals surface area contributed by atoms with E-state index in [0.29, 0.717) is 6.04 Å². The zero-order valence-corrected chi connectivity index (χ0v) is 12.9. The van der Waals surface area contributed by atoms with Gasteiger partial charge in [0.25, 0.3) is 0 Å². The normalized spacial score (nSPS) is 14.9. The van der Waals surface area contributed by atoms with Crippen molar-refractivity contribution in [3.63, 3.8) is 0 Å². The van der Waals surface area contributed by atoms with Crippen LogP contribution in [-0.2, 0) is 12.8 Å². The molecule has 1 unspecified atom stereocenters. The van der Waals surface area contributed by atoms with Crippen LogP contribution in [0.4, 0.5) is 0 Å². The minimum Gasteiger partial charge on any atom is -0.493 e. The van der Waals surface area contributed by atoms with Crippen LogP contribution in [0.2, 0.25) is 0 Å². The van der Waals surface area contributed by atoms with Crippen molar-refractivity contribution in [3.8, 4) is 5.75 Å². The van der Waals surface area contributed by atoms with Gasteiger partial charge in [-0.15, -0.1) is 11.3 Å². The van der Waals surface area contributed by atoms with Gasteiger partial charge in [0.1, 0.15) is 5.75 Å². The van der Waals surface area contributed by atoms with E-state index in [4.69, 9.17) is 4.74 Å². The molecule has 1 aromatic carbocycles. The van der Waals surface area contributed by atoms with Gasteiger partial charge in [0.2, 0.25) is 0 Å². The molecule has 0 radical (unpaired) electrons. The van der Waals surface area contributed by atoms with Gasteiger partial charge >= 0.3 is 0 Å². The lowest BCUT2D eigenvalue weighted by Gasteiger charge is -2.12. The number of fused-ring (bicyclic) bond motifs is 1. The Kier molecular flexibility index (Phi) is 4.08. The lowest BCUT2D eigenvalue weighted by atomic mass is 10.1. The summed E-state index contributed by atoms with van der Waals surface area (Å²) in [6, 6.07) is 11.5. The van der Waals surface area contributed by atoms with E-state index in [1.165, 1.54) is 20.9 Å². The highest BCUT2D eigenvalue weighted by Crippen LogP contribution is 2.26. The van der Waals surface area contributed by atoms with Gasteiger partial charge in [0, 0.05) is 22.2 Å². The Morgan fingerprint density at radius 3 is 3.00 bits per heavy atom. The van der Waals surface area contributed by atoms with Gasteiger partial charge < -0.3 is 10.1 Å². The quantitative estimate of drug-likeness (QED) is 0.901. The Balaban J connectivity index is 1.52. The van der Waals surface area contributed by atoms with Crippen LogP contribution in [0, 0.1) is 6.92 Å². The van der Waals surface area contributed by atoms with Gasteiger partial charge in [0.05, 0.1) is 6.61 Å². The van der Waals surface area contributed by atoms with Crippen molar-refractivity contribution in [2.75, 3.05) is 13.2 Å². The first-order valence-corrected chi connectivity index (χ1v) is 8.08. The zero-order chi connectivity index (χ0) is 13.9. The fourth-order valence-electron chi connectivity index (χ4n) is 2.62. The summed E-state index contributed by atoms with van der Waals surface area (Å²) in [6.07, 6.45) is 2.13. The van der Waals surface area contributed by atoms with Crippen LogP contribution in [-0.4, -0.2) is 13.2 Å². The number of nitrogens with one attached hydrogen (secondary N) is 1. The smallest absolute Gasteiger partial charge is 0.122 e. The van der Waals surface area contributed by atoms with E-state index in [9.17, 15) is 0 Å². The second-order valence-corrected chi connectivity index (χ2v) is 6.73. The van der Waals surface area contributed by atoms with Crippen LogP contribution in [0.25, 0.3) is 0 Å². The molecule has 3 heteroatoms. The maximum Gasteiger partial charge on any atom is 0.122 e. The van der Waals surface area contributed by atoms with Crippen LogP contribution < -0.4 is 10.1 Å². The molecule has 1 atom stereocenters. The molecule has 1 aliphatic heterocycles. The highest BCUT2D eigenvalue weighted by Gasteiger charge is 2.12. The Hall–Kier alpha value is -1.32. The summed E-state index contributed by atoms with van der Waals surface area (Å²) in [4.78, 5) is 2.80. The summed E-state index contributed by atoms with van der Waals surface area (Å²) in [5, 5.41) is 3.61. The van der Waals surface area contributed by atoms with Gasteiger partial charge in [-0.3, -0.25) is 0 Å². The molecule has 1 aliphatic rings. The average Bonchev–Trinajstić information content (AvgIpc) is 3.06. The van der Waals surface area contributed by atoms with Gasteiger partial charge in [-0.25, -0.2) is 0 Å². The van der Waals surface area contributed by atoms with E-state index in [-0.39, 0.29) is 0 Å². The molecule has 0 saturated heterocycles. The standard InChI is InChI=1S/C17H21NOS/c1-12-3-6-17(20-12)13(2)18-9-7-14-4-5-16-15(11-14)8-10-19-16/h3-6,11,13,18H,7-10H2,1-2H3. The lowest BCUT2D eigenvalue weighted by molar-refractivity contribution is 0.357. The first-order chi connectivity index (χ1) is 9.72. The fraction of sp³-hybridized carbons (Fsp3) is 0.412. The first kappa shape index (κ1) is 13.7. The average molecular weight is 287 g/mol. The minimum absolute atomic E-state index is 0.437. The van der Waals surface area contributed by atoms with Crippen molar-refractivity contribution >= 4 is 11.3 Å². The van der Waals surface area contributed by atoms with Gasteiger partial charge in [0.15, 0.2) is 0 Å². The number of benzene rings is 1. The minimum atomic E-state index is 0.437. The topological polar surface area (TPSA) is 21.3 Å². The van der Waals surface area contributed by atoms with Crippen molar-refractivity contribution in [3.05, 3.63) is 51.2 Å². The number of hydrogen-bond donors (Lipinski definition) is 1. The maximum atomic E-state index is 5.54. The van der Waals surface area contributed by atoms with Gasteiger partial charge in [-0.05, 0) is 56.1 Å². The molecule has 2 heterocycles. The molecule has 2 aromatic rings. The van der Waals surface area contributed by atoms with Crippen LogP contribution in [0.3, 0.4) is 0 Å². The maximum absolute atomic E-state index is 5.54. The van der Waals surface area contributed by atoms with E-state index in [2.05, 4.69) is 49.5 Å². The molecule has 2 nitrogen and oxygen atoms in total. The molecule has 3 rings (SSSR count). The van der Waals surface area contributed by atoms with E-state index < -0.39 is 0 Å². The van der Waals surface area contributed by atoms with E-state index in [1.807, 2.05) is 11.3 Å². The number of hydrogen-bond acceptors (Lipinski definition) is 3. The summed E-state index contributed by atoms with van der Waals surface area (Å²) in [7, 11) is 0. The molecule has 0 saturated carbocycles. The summed E-state index contributed by atoms with van der Waals surface area (Å²) >= 11 is 1.88. The number of aryl methyl sites for hydroxylation is 1. The second kappa shape index (κ2) is 5.98. The second-order valence-electron chi connectivity index (χ2n) is 5.41. The molecule has 0 aliphatic carbocycles.